The zero-order valence-electron chi connectivity index (χ0n) is 16.4. The van der Waals surface area contributed by atoms with Crippen LogP contribution in [0.5, 0.6) is 0 Å². The normalized spacial score (nSPS) is 32.1. The summed E-state index contributed by atoms with van der Waals surface area (Å²) in [7, 11) is 0. The molecule has 27 heavy (non-hydrogen) atoms. The average molecular weight is 369 g/mol. The first kappa shape index (κ1) is 18.5. The molecule has 5 rings (SSSR count). The molecule has 0 aromatic heterocycles. The predicted molar refractivity (Wildman–Crippen MR) is 106 cm³/mol. The fraction of sp³-hybridized carbons (Fsp3) is 0.652. The van der Waals surface area contributed by atoms with Crippen LogP contribution in [0.25, 0.3) is 0 Å². The Balaban J connectivity index is 1.21. The number of amides is 2. The first-order valence-electron chi connectivity index (χ1n) is 10.6. The molecule has 2 N–H and O–H groups in total. The topological polar surface area (TPSA) is 58.2 Å². The Kier molecular flexibility index (Phi) is 5.25. The van der Waals surface area contributed by atoms with Crippen molar-refractivity contribution in [2.45, 2.75) is 64.3 Å². The summed E-state index contributed by atoms with van der Waals surface area (Å²) < 4.78 is 0. The van der Waals surface area contributed by atoms with E-state index < -0.39 is 0 Å². The third-order valence-electron chi connectivity index (χ3n) is 7.05. The quantitative estimate of drug-likeness (QED) is 0.774. The van der Waals surface area contributed by atoms with Crippen molar-refractivity contribution in [3.63, 3.8) is 0 Å². The van der Waals surface area contributed by atoms with Crippen molar-refractivity contribution >= 4 is 11.8 Å². The van der Waals surface area contributed by atoms with Crippen LogP contribution in [0.4, 0.5) is 0 Å². The lowest BCUT2D eigenvalue weighted by Crippen LogP contribution is -2.54. The van der Waals surface area contributed by atoms with Crippen LogP contribution in [0.3, 0.4) is 0 Å². The summed E-state index contributed by atoms with van der Waals surface area (Å²) in [6, 6.07) is 10.4. The van der Waals surface area contributed by atoms with Crippen LogP contribution in [0.2, 0.25) is 0 Å². The molecule has 2 amide bonds. The van der Waals surface area contributed by atoms with Gasteiger partial charge in [-0.05, 0) is 81.6 Å². The van der Waals surface area contributed by atoms with Crippen molar-refractivity contribution in [2.75, 3.05) is 6.54 Å². The molecule has 0 radical (unpaired) electrons. The molecule has 0 saturated heterocycles. The molecule has 4 nitrogen and oxygen atoms in total. The second-order valence-electron chi connectivity index (χ2n) is 9.37. The zero-order valence-corrected chi connectivity index (χ0v) is 16.4. The molecular weight excluding hydrogens is 336 g/mol. The molecule has 4 fully saturated rings. The molecule has 1 aromatic rings. The Morgan fingerprint density at radius 2 is 1.63 bits per heavy atom. The number of rotatable bonds is 7. The van der Waals surface area contributed by atoms with E-state index in [4.69, 9.17) is 0 Å². The minimum Gasteiger partial charge on any atom is -0.352 e. The monoisotopic (exact) mass is 368 g/mol. The summed E-state index contributed by atoms with van der Waals surface area (Å²) in [6.07, 6.45) is 8.95. The highest BCUT2D eigenvalue weighted by atomic mass is 16.2. The van der Waals surface area contributed by atoms with Gasteiger partial charge in [-0.1, -0.05) is 30.3 Å². The van der Waals surface area contributed by atoms with E-state index >= 15 is 0 Å². The minimum absolute atomic E-state index is 0.0753. The van der Waals surface area contributed by atoms with Gasteiger partial charge in [0.15, 0.2) is 0 Å². The Morgan fingerprint density at radius 3 is 2.22 bits per heavy atom. The Labute approximate surface area is 162 Å². The van der Waals surface area contributed by atoms with Gasteiger partial charge in [0.05, 0.1) is 6.54 Å². The summed E-state index contributed by atoms with van der Waals surface area (Å²) in [5, 5.41) is 5.99. The summed E-state index contributed by atoms with van der Waals surface area (Å²) in [4.78, 5) is 25.2. The molecule has 4 aliphatic carbocycles. The highest BCUT2D eigenvalue weighted by Crippen LogP contribution is 2.60. The molecule has 4 aliphatic rings. The molecule has 1 aromatic carbocycles. The zero-order chi connectivity index (χ0) is 18.9. The number of hydrogen-bond donors (Lipinski definition) is 2. The highest BCUT2D eigenvalue weighted by Gasteiger charge is 2.54. The van der Waals surface area contributed by atoms with Crippen molar-refractivity contribution in [3.05, 3.63) is 35.9 Å². The predicted octanol–water partition coefficient (Wildman–Crippen LogP) is 3.46. The van der Waals surface area contributed by atoms with Gasteiger partial charge >= 0.3 is 0 Å². The van der Waals surface area contributed by atoms with E-state index in [1.54, 1.807) is 0 Å². The Hall–Kier alpha value is -1.84. The molecule has 4 heteroatoms. The van der Waals surface area contributed by atoms with Crippen LogP contribution >= 0.6 is 0 Å². The number of aryl methyl sites for hydroxylation is 1. The van der Waals surface area contributed by atoms with Crippen molar-refractivity contribution in [3.8, 4) is 0 Å². The van der Waals surface area contributed by atoms with Crippen LogP contribution in [0.1, 0.15) is 57.4 Å². The van der Waals surface area contributed by atoms with E-state index in [9.17, 15) is 9.59 Å². The number of carbonyl (C=O) groups excluding carboxylic acids is 2. The SMILES string of the molecule is CC(CCc1ccccc1)NC(=O)CNC(=O)C12CC3CC(CC(C3)C1)C2. The number of hydrogen-bond acceptors (Lipinski definition) is 2. The summed E-state index contributed by atoms with van der Waals surface area (Å²) in [6.45, 7) is 2.14. The largest absolute Gasteiger partial charge is 0.352 e. The molecular formula is C23H32N2O2. The van der Waals surface area contributed by atoms with Gasteiger partial charge < -0.3 is 10.6 Å². The fourth-order valence-corrected chi connectivity index (χ4v) is 6.16. The second-order valence-corrected chi connectivity index (χ2v) is 9.37. The molecule has 146 valence electrons. The second kappa shape index (κ2) is 7.65. The van der Waals surface area contributed by atoms with E-state index in [-0.39, 0.29) is 29.8 Å². The van der Waals surface area contributed by atoms with Crippen LogP contribution in [0.15, 0.2) is 30.3 Å². The Bertz CT molecular complexity index is 650. The standard InChI is InChI=1S/C23H32N2O2/c1-16(7-8-17-5-3-2-4-6-17)25-21(26)15-24-22(27)23-12-18-9-19(13-23)11-20(10-18)14-23/h2-6,16,18-20H,7-15H2,1H3,(H,24,27)(H,25,26). The molecule has 1 atom stereocenters. The number of benzene rings is 1. The van der Waals surface area contributed by atoms with Crippen LogP contribution in [0, 0.1) is 23.2 Å². The first-order chi connectivity index (χ1) is 13.0. The highest BCUT2D eigenvalue weighted by molar-refractivity contribution is 5.88. The number of carbonyl (C=O) groups is 2. The summed E-state index contributed by atoms with van der Waals surface area (Å²) in [5.74, 6) is 2.29. The molecule has 0 heterocycles. The molecule has 0 aliphatic heterocycles. The van der Waals surface area contributed by atoms with Gasteiger partial charge in [0.1, 0.15) is 0 Å². The van der Waals surface area contributed by atoms with Gasteiger partial charge in [-0.2, -0.15) is 0 Å². The van der Waals surface area contributed by atoms with Gasteiger partial charge in [-0.3, -0.25) is 9.59 Å². The lowest BCUT2D eigenvalue weighted by Gasteiger charge is -2.55. The van der Waals surface area contributed by atoms with E-state index in [2.05, 4.69) is 22.8 Å². The molecule has 4 saturated carbocycles. The smallest absolute Gasteiger partial charge is 0.239 e. The average Bonchev–Trinajstić information content (AvgIpc) is 2.64. The van der Waals surface area contributed by atoms with Crippen molar-refractivity contribution in [2.24, 2.45) is 23.2 Å². The maximum atomic E-state index is 12.9. The molecule has 1 unspecified atom stereocenters. The lowest BCUT2D eigenvalue weighted by atomic mass is 9.49. The first-order valence-corrected chi connectivity index (χ1v) is 10.6. The van der Waals surface area contributed by atoms with E-state index in [0.717, 1.165) is 49.9 Å². The van der Waals surface area contributed by atoms with Gasteiger partial charge in [0.25, 0.3) is 0 Å². The van der Waals surface area contributed by atoms with Crippen LogP contribution in [-0.4, -0.2) is 24.4 Å². The third-order valence-corrected chi connectivity index (χ3v) is 7.05. The van der Waals surface area contributed by atoms with Gasteiger partial charge in [-0.15, -0.1) is 0 Å². The van der Waals surface area contributed by atoms with Crippen LogP contribution in [-0.2, 0) is 16.0 Å². The lowest BCUT2D eigenvalue weighted by molar-refractivity contribution is -0.147. The minimum atomic E-state index is -0.173. The van der Waals surface area contributed by atoms with Crippen molar-refractivity contribution < 1.29 is 9.59 Å². The van der Waals surface area contributed by atoms with E-state index in [0.29, 0.717) is 0 Å². The van der Waals surface area contributed by atoms with Gasteiger partial charge in [0, 0.05) is 11.5 Å². The number of nitrogens with one attached hydrogen (secondary N) is 2. The molecule has 0 spiro atoms. The fourth-order valence-electron chi connectivity index (χ4n) is 6.16. The maximum absolute atomic E-state index is 12.9. The summed E-state index contributed by atoms with van der Waals surface area (Å²) >= 11 is 0. The molecule has 4 bridgehead atoms. The third kappa shape index (κ3) is 4.20. The van der Waals surface area contributed by atoms with Crippen molar-refractivity contribution in [1.29, 1.82) is 0 Å². The maximum Gasteiger partial charge on any atom is 0.239 e. The van der Waals surface area contributed by atoms with Crippen LogP contribution < -0.4 is 10.6 Å². The van der Waals surface area contributed by atoms with E-state index in [1.165, 1.54) is 24.8 Å². The Morgan fingerprint density at radius 1 is 1.04 bits per heavy atom. The summed E-state index contributed by atoms with van der Waals surface area (Å²) in [5.41, 5.74) is 1.11. The van der Waals surface area contributed by atoms with Gasteiger partial charge in [-0.25, -0.2) is 0 Å². The van der Waals surface area contributed by atoms with Crippen molar-refractivity contribution in [1.82, 2.24) is 10.6 Å². The van der Waals surface area contributed by atoms with Gasteiger partial charge in [0.2, 0.25) is 11.8 Å². The van der Waals surface area contributed by atoms with E-state index in [1.807, 2.05) is 25.1 Å².